The number of rotatable bonds is 8. The molecule has 4 nitrogen and oxygen atoms in total. The van der Waals surface area contributed by atoms with Crippen molar-refractivity contribution in [3.05, 3.63) is 35.9 Å². The summed E-state index contributed by atoms with van der Waals surface area (Å²) < 4.78 is 11.3. The Morgan fingerprint density at radius 1 is 1.29 bits per heavy atom. The summed E-state index contributed by atoms with van der Waals surface area (Å²) in [5.74, 6) is 0. The molecule has 0 radical (unpaired) electrons. The summed E-state index contributed by atoms with van der Waals surface area (Å²) >= 11 is 0. The minimum atomic E-state index is 0.151. The lowest BCUT2D eigenvalue weighted by Gasteiger charge is -2.45. The molecule has 0 aromatic heterocycles. The van der Waals surface area contributed by atoms with Crippen LogP contribution < -0.4 is 5.32 Å². The lowest BCUT2D eigenvalue weighted by Crippen LogP contribution is -2.61. The quantitative estimate of drug-likeness (QED) is 0.795. The molecule has 0 aliphatic heterocycles. The van der Waals surface area contributed by atoms with Crippen molar-refractivity contribution in [3.8, 4) is 0 Å². The van der Waals surface area contributed by atoms with E-state index in [0.717, 1.165) is 19.6 Å². The van der Waals surface area contributed by atoms with E-state index in [0.29, 0.717) is 12.1 Å². The van der Waals surface area contributed by atoms with Gasteiger partial charge in [-0.1, -0.05) is 30.3 Å². The molecule has 2 rings (SSSR count). The number of likely N-dealkylation sites (N-methyl/N-ethyl adjacent to an activating group) is 1. The molecule has 1 aromatic carbocycles. The molecule has 1 aliphatic rings. The van der Waals surface area contributed by atoms with Gasteiger partial charge in [0, 0.05) is 32.3 Å². The van der Waals surface area contributed by atoms with Gasteiger partial charge in [-0.3, -0.25) is 0 Å². The first-order valence-corrected chi connectivity index (χ1v) is 7.75. The molecule has 0 amide bonds. The minimum absolute atomic E-state index is 0.151. The number of hydrogen-bond donors (Lipinski definition) is 1. The number of nitrogens with zero attached hydrogens (tertiary/aromatic N) is 1. The van der Waals surface area contributed by atoms with E-state index in [1.165, 1.54) is 5.56 Å². The first kappa shape index (κ1) is 16.4. The molecule has 1 saturated carbocycles. The van der Waals surface area contributed by atoms with Gasteiger partial charge in [0.15, 0.2) is 0 Å². The van der Waals surface area contributed by atoms with Gasteiger partial charge in [-0.25, -0.2) is 0 Å². The third-order valence-corrected chi connectivity index (χ3v) is 4.07. The fourth-order valence-corrected chi connectivity index (χ4v) is 3.00. The molecule has 4 heteroatoms. The molecule has 1 aromatic rings. The SMILES string of the molecule is CCOC1CC(NC(CN(C)C)c2ccccc2)C1OC. The van der Waals surface area contributed by atoms with Crippen molar-refractivity contribution in [1.82, 2.24) is 10.2 Å². The van der Waals surface area contributed by atoms with Crippen LogP contribution in [0, 0.1) is 0 Å². The molecule has 1 fully saturated rings. The predicted molar refractivity (Wildman–Crippen MR) is 85.5 cm³/mol. The van der Waals surface area contributed by atoms with Gasteiger partial charge in [0.1, 0.15) is 0 Å². The van der Waals surface area contributed by atoms with Crippen molar-refractivity contribution in [1.29, 1.82) is 0 Å². The normalized spacial score (nSPS) is 26.6. The van der Waals surface area contributed by atoms with E-state index in [-0.39, 0.29) is 12.2 Å². The highest BCUT2D eigenvalue weighted by Gasteiger charge is 2.42. The Kier molecular flexibility index (Phi) is 6.18. The summed E-state index contributed by atoms with van der Waals surface area (Å²) in [6.45, 7) is 3.75. The number of hydrogen-bond acceptors (Lipinski definition) is 4. The Hall–Kier alpha value is -0.940. The third-order valence-electron chi connectivity index (χ3n) is 4.07. The second kappa shape index (κ2) is 7.90. The zero-order chi connectivity index (χ0) is 15.2. The standard InChI is InChI=1S/C17H28N2O2/c1-5-21-16-11-14(17(16)20-4)18-15(12-19(2)3)13-9-7-6-8-10-13/h6-10,14-18H,5,11-12H2,1-4H3. The molecule has 1 N–H and O–H groups in total. The van der Waals surface area contributed by atoms with Gasteiger partial charge >= 0.3 is 0 Å². The highest BCUT2D eigenvalue weighted by atomic mass is 16.5. The molecule has 118 valence electrons. The van der Waals surface area contributed by atoms with Gasteiger partial charge in [-0.15, -0.1) is 0 Å². The predicted octanol–water partition coefficient (Wildman–Crippen LogP) is 2.07. The largest absolute Gasteiger partial charge is 0.377 e. The maximum atomic E-state index is 5.70. The number of methoxy groups -OCH3 is 1. The summed E-state index contributed by atoms with van der Waals surface area (Å²) in [6.07, 6.45) is 1.40. The van der Waals surface area contributed by atoms with Crippen molar-refractivity contribution in [2.75, 3.05) is 34.4 Å². The Labute approximate surface area is 128 Å². The van der Waals surface area contributed by atoms with Crippen LogP contribution >= 0.6 is 0 Å². The molecule has 0 saturated heterocycles. The third kappa shape index (κ3) is 4.27. The van der Waals surface area contributed by atoms with Crippen molar-refractivity contribution < 1.29 is 9.47 Å². The lowest BCUT2D eigenvalue weighted by molar-refractivity contribution is -0.133. The van der Waals surface area contributed by atoms with Gasteiger partial charge in [0.05, 0.1) is 12.2 Å². The van der Waals surface area contributed by atoms with Crippen molar-refractivity contribution >= 4 is 0 Å². The van der Waals surface area contributed by atoms with Crippen LogP contribution in [0.3, 0.4) is 0 Å². The van der Waals surface area contributed by atoms with Crippen LogP contribution in [-0.4, -0.2) is 57.5 Å². The molecular weight excluding hydrogens is 264 g/mol. The number of nitrogens with one attached hydrogen (secondary N) is 1. The van der Waals surface area contributed by atoms with E-state index in [2.05, 4.69) is 54.6 Å². The highest BCUT2D eigenvalue weighted by molar-refractivity contribution is 5.20. The maximum Gasteiger partial charge on any atom is 0.0987 e. The minimum Gasteiger partial charge on any atom is -0.377 e. The molecule has 0 heterocycles. The Morgan fingerprint density at radius 2 is 2.00 bits per heavy atom. The van der Waals surface area contributed by atoms with Crippen LogP contribution in [0.1, 0.15) is 24.9 Å². The Balaban J connectivity index is 1.99. The molecule has 21 heavy (non-hydrogen) atoms. The summed E-state index contributed by atoms with van der Waals surface area (Å²) in [4.78, 5) is 2.21. The molecule has 0 spiro atoms. The van der Waals surface area contributed by atoms with E-state index < -0.39 is 0 Å². The summed E-state index contributed by atoms with van der Waals surface area (Å²) in [5.41, 5.74) is 1.32. The summed E-state index contributed by atoms with van der Waals surface area (Å²) in [5, 5.41) is 3.74. The highest BCUT2D eigenvalue weighted by Crippen LogP contribution is 2.29. The van der Waals surface area contributed by atoms with Crippen LogP contribution in [-0.2, 0) is 9.47 Å². The molecule has 0 bridgehead atoms. The van der Waals surface area contributed by atoms with Crippen LogP contribution in [0.25, 0.3) is 0 Å². The fourth-order valence-electron chi connectivity index (χ4n) is 3.00. The van der Waals surface area contributed by atoms with Crippen molar-refractivity contribution in [2.24, 2.45) is 0 Å². The van der Waals surface area contributed by atoms with Crippen LogP contribution in [0.15, 0.2) is 30.3 Å². The van der Waals surface area contributed by atoms with Gasteiger partial charge < -0.3 is 19.7 Å². The average Bonchev–Trinajstić information content (AvgIpc) is 2.46. The molecular formula is C17H28N2O2. The Morgan fingerprint density at radius 3 is 2.57 bits per heavy atom. The zero-order valence-corrected chi connectivity index (χ0v) is 13.6. The van der Waals surface area contributed by atoms with E-state index in [1.807, 2.05) is 6.92 Å². The number of ether oxygens (including phenoxy) is 2. The summed E-state index contributed by atoms with van der Waals surface area (Å²) in [7, 11) is 5.98. The van der Waals surface area contributed by atoms with Gasteiger partial charge in [0.2, 0.25) is 0 Å². The molecule has 4 unspecified atom stereocenters. The van der Waals surface area contributed by atoms with Gasteiger partial charge in [0.25, 0.3) is 0 Å². The van der Waals surface area contributed by atoms with Crippen molar-refractivity contribution in [3.63, 3.8) is 0 Å². The second-order valence-corrected chi connectivity index (χ2v) is 5.93. The van der Waals surface area contributed by atoms with Gasteiger partial charge in [-0.2, -0.15) is 0 Å². The number of benzene rings is 1. The fraction of sp³-hybridized carbons (Fsp3) is 0.647. The van der Waals surface area contributed by atoms with Gasteiger partial charge in [-0.05, 0) is 33.0 Å². The van der Waals surface area contributed by atoms with Crippen LogP contribution in [0.4, 0.5) is 0 Å². The van der Waals surface area contributed by atoms with E-state index in [1.54, 1.807) is 7.11 Å². The maximum absolute atomic E-state index is 5.70. The topological polar surface area (TPSA) is 33.7 Å². The second-order valence-electron chi connectivity index (χ2n) is 5.93. The monoisotopic (exact) mass is 292 g/mol. The smallest absolute Gasteiger partial charge is 0.0987 e. The lowest BCUT2D eigenvalue weighted by atomic mass is 9.84. The van der Waals surface area contributed by atoms with E-state index in [4.69, 9.17) is 9.47 Å². The molecule has 4 atom stereocenters. The summed E-state index contributed by atoms with van der Waals surface area (Å²) in [6, 6.07) is 11.3. The first-order chi connectivity index (χ1) is 10.2. The Bertz CT molecular complexity index is 411. The zero-order valence-electron chi connectivity index (χ0n) is 13.6. The van der Waals surface area contributed by atoms with Crippen molar-refractivity contribution in [2.45, 2.75) is 37.6 Å². The van der Waals surface area contributed by atoms with Crippen LogP contribution in [0.5, 0.6) is 0 Å². The van der Waals surface area contributed by atoms with E-state index >= 15 is 0 Å². The van der Waals surface area contributed by atoms with E-state index in [9.17, 15) is 0 Å². The molecule has 1 aliphatic carbocycles. The van der Waals surface area contributed by atoms with Crippen LogP contribution in [0.2, 0.25) is 0 Å². The first-order valence-electron chi connectivity index (χ1n) is 7.75. The average molecular weight is 292 g/mol.